The first-order valence-corrected chi connectivity index (χ1v) is 3.70. The SMILES string of the molecule is COC(=O)C(N)CC(C)(C)C. The summed E-state index contributed by atoms with van der Waals surface area (Å²) < 4.78 is 4.49. The van der Waals surface area contributed by atoms with Crippen molar-refractivity contribution in [2.45, 2.75) is 33.2 Å². The minimum absolute atomic E-state index is 0.0770. The molecule has 0 radical (unpaired) electrons. The Morgan fingerprint density at radius 1 is 1.55 bits per heavy atom. The van der Waals surface area contributed by atoms with Crippen molar-refractivity contribution in [3.63, 3.8) is 0 Å². The zero-order valence-corrected chi connectivity index (χ0v) is 7.68. The minimum Gasteiger partial charge on any atom is -0.468 e. The summed E-state index contributed by atoms with van der Waals surface area (Å²) in [6, 6.07) is -0.486. The van der Waals surface area contributed by atoms with Crippen LogP contribution in [-0.4, -0.2) is 19.1 Å². The van der Waals surface area contributed by atoms with E-state index < -0.39 is 6.04 Å². The second-order valence-corrected chi connectivity index (χ2v) is 3.89. The van der Waals surface area contributed by atoms with Crippen LogP contribution in [0.2, 0.25) is 0 Å². The van der Waals surface area contributed by atoms with Crippen molar-refractivity contribution in [2.75, 3.05) is 7.11 Å². The van der Waals surface area contributed by atoms with E-state index in [1.54, 1.807) is 0 Å². The van der Waals surface area contributed by atoms with Gasteiger partial charge in [-0.25, -0.2) is 0 Å². The Balaban J connectivity index is 3.87. The standard InChI is InChI=1S/C8H17NO2/c1-8(2,3)5-6(9)7(10)11-4/h6H,5,9H2,1-4H3. The number of hydrogen-bond donors (Lipinski definition) is 1. The minimum atomic E-state index is -0.486. The number of nitrogens with two attached hydrogens (primary N) is 1. The van der Waals surface area contributed by atoms with E-state index >= 15 is 0 Å². The maximum absolute atomic E-state index is 10.8. The van der Waals surface area contributed by atoms with Gasteiger partial charge in [-0.15, -0.1) is 0 Å². The lowest BCUT2D eigenvalue weighted by atomic mass is 9.88. The second kappa shape index (κ2) is 3.72. The first-order valence-electron chi connectivity index (χ1n) is 3.70. The van der Waals surface area contributed by atoms with E-state index in [0.29, 0.717) is 6.42 Å². The van der Waals surface area contributed by atoms with Crippen LogP contribution in [0, 0.1) is 5.41 Å². The van der Waals surface area contributed by atoms with E-state index in [2.05, 4.69) is 4.74 Å². The van der Waals surface area contributed by atoms with Gasteiger partial charge >= 0.3 is 5.97 Å². The van der Waals surface area contributed by atoms with Gasteiger partial charge in [0.1, 0.15) is 6.04 Å². The van der Waals surface area contributed by atoms with Gasteiger partial charge in [0.25, 0.3) is 0 Å². The fraction of sp³-hybridized carbons (Fsp3) is 0.875. The molecule has 1 unspecified atom stereocenters. The van der Waals surface area contributed by atoms with Gasteiger partial charge in [-0.1, -0.05) is 20.8 Å². The molecule has 0 aromatic carbocycles. The summed E-state index contributed by atoms with van der Waals surface area (Å²) >= 11 is 0. The molecule has 1 atom stereocenters. The molecule has 3 heteroatoms. The molecule has 0 aromatic heterocycles. The Morgan fingerprint density at radius 2 is 2.00 bits per heavy atom. The first kappa shape index (κ1) is 10.4. The van der Waals surface area contributed by atoms with Crippen LogP contribution in [-0.2, 0) is 9.53 Å². The molecule has 66 valence electrons. The van der Waals surface area contributed by atoms with Gasteiger partial charge in [-0.3, -0.25) is 4.79 Å². The number of carbonyl (C=O) groups is 1. The van der Waals surface area contributed by atoms with E-state index in [0.717, 1.165) is 0 Å². The highest BCUT2D eigenvalue weighted by Gasteiger charge is 2.21. The topological polar surface area (TPSA) is 52.3 Å². The number of ether oxygens (including phenoxy) is 1. The molecule has 0 aliphatic heterocycles. The quantitative estimate of drug-likeness (QED) is 0.610. The smallest absolute Gasteiger partial charge is 0.322 e. The molecule has 0 spiro atoms. The normalized spacial score (nSPS) is 14.3. The molecule has 0 aromatic rings. The summed E-state index contributed by atoms with van der Waals surface area (Å²) in [6.07, 6.45) is 0.652. The fourth-order valence-electron chi connectivity index (χ4n) is 0.894. The Morgan fingerprint density at radius 3 is 2.27 bits per heavy atom. The Kier molecular flexibility index (Phi) is 3.52. The van der Waals surface area contributed by atoms with Gasteiger partial charge in [0, 0.05) is 0 Å². The van der Waals surface area contributed by atoms with E-state index in [1.165, 1.54) is 7.11 Å². The molecule has 0 saturated heterocycles. The Hall–Kier alpha value is -0.570. The van der Waals surface area contributed by atoms with Gasteiger partial charge in [0.05, 0.1) is 7.11 Å². The van der Waals surface area contributed by atoms with E-state index in [9.17, 15) is 4.79 Å². The van der Waals surface area contributed by atoms with Crippen molar-refractivity contribution >= 4 is 5.97 Å². The number of carbonyl (C=O) groups excluding carboxylic acids is 1. The van der Waals surface area contributed by atoms with Crippen molar-refractivity contribution in [3.8, 4) is 0 Å². The molecule has 0 amide bonds. The molecule has 0 fully saturated rings. The van der Waals surface area contributed by atoms with E-state index in [4.69, 9.17) is 5.73 Å². The van der Waals surface area contributed by atoms with Gasteiger partial charge < -0.3 is 10.5 Å². The lowest BCUT2D eigenvalue weighted by Gasteiger charge is -2.21. The van der Waals surface area contributed by atoms with Crippen molar-refractivity contribution < 1.29 is 9.53 Å². The van der Waals surface area contributed by atoms with Crippen molar-refractivity contribution in [3.05, 3.63) is 0 Å². The van der Waals surface area contributed by atoms with Crippen molar-refractivity contribution in [1.82, 2.24) is 0 Å². The lowest BCUT2D eigenvalue weighted by Crippen LogP contribution is -2.35. The number of esters is 1. The highest BCUT2D eigenvalue weighted by molar-refractivity contribution is 5.75. The van der Waals surface area contributed by atoms with E-state index in [-0.39, 0.29) is 11.4 Å². The van der Waals surface area contributed by atoms with Crippen LogP contribution >= 0.6 is 0 Å². The Bertz CT molecular complexity index is 138. The molecule has 0 rings (SSSR count). The van der Waals surface area contributed by atoms with Crippen molar-refractivity contribution in [1.29, 1.82) is 0 Å². The van der Waals surface area contributed by atoms with Crippen LogP contribution in [0.3, 0.4) is 0 Å². The average Bonchev–Trinajstić information content (AvgIpc) is 1.82. The summed E-state index contributed by atoms with van der Waals surface area (Å²) in [5.41, 5.74) is 5.62. The fourth-order valence-corrected chi connectivity index (χ4v) is 0.894. The van der Waals surface area contributed by atoms with Gasteiger partial charge in [0.15, 0.2) is 0 Å². The maximum Gasteiger partial charge on any atom is 0.322 e. The first-order chi connectivity index (χ1) is 4.87. The molecule has 0 heterocycles. The second-order valence-electron chi connectivity index (χ2n) is 3.89. The van der Waals surface area contributed by atoms with Crippen LogP contribution in [0.1, 0.15) is 27.2 Å². The van der Waals surface area contributed by atoms with Crippen LogP contribution in [0.15, 0.2) is 0 Å². The highest BCUT2D eigenvalue weighted by atomic mass is 16.5. The number of methoxy groups -OCH3 is 1. The predicted molar refractivity (Wildman–Crippen MR) is 44.1 cm³/mol. The summed E-state index contributed by atoms with van der Waals surface area (Å²) in [5, 5.41) is 0. The average molecular weight is 159 g/mol. The predicted octanol–water partition coefficient (Wildman–Crippen LogP) is 0.923. The summed E-state index contributed by atoms with van der Waals surface area (Å²) in [5.74, 6) is -0.333. The molecule has 2 N–H and O–H groups in total. The van der Waals surface area contributed by atoms with Crippen LogP contribution in [0.5, 0.6) is 0 Å². The Labute approximate surface area is 67.9 Å². The molecular formula is C8H17NO2. The number of rotatable bonds is 2. The third-order valence-electron chi connectivity index (χ3n) is 1.34. The summed E-state index contributed by atoms with van der Waals surface area (Å²) in [7, 11) is 1.35. The zero-order chi connectivity index (χ0) is 9.07. The van der Waals surface area contributed by atoms with Gasteiger partial charge in [-0.05, 0) is 11.8 Å². The van der Waals surface area contributed by atoms with Crippen LogP contribution < -0.4 is 5.73 Å². The molecule has 0 bridgehead atoms. The maximum atomic E-state index is 10.8. The molecular weight excluding hydrogens is 142 g/mol. The largest absolute Gasteiger partial charge is 0.468 e. The monoisotopic (exact) mass is 159 g/mol. The van der Waals surface area contributed by atoms with Crippen molar-refractivity contribution in [2.24, 2.45) is 11.1 Å². The zero-order valence-electron chi connectivity index (χ0n) is 7.68. The number of hydrogen-bond acceptors (Lipinski definition) is 3. The molecule has 0 aliphatic rings. The summed E-state index contributed by atoms with van der Waals surface area (Å²) in [6.45, 7) is 6.11. The highest BCUT2D eigenvalue weighted by Crippen LogP contribution is 2.19. The molecule has 3 nitrogen and oxygen atoms in total. The third kappa shape index (κ3) is 4.79. The van der Waals surface area contributed by atoms with Crippen LogP contribution in [0.25, 0.3) is 0 Å². The molecule has 0 saturated carbocycles. The lowest BCUT2D eigenvalue weighted by molar-refractivity contribution is -0.142. The van der Waals surface area contributed by atoms with E-state index in [1.807, 2.05) is 20.8 Å². The third-order valence-corrected chi connectivity index (χ3v) is 1.34. The van der Waals surface area contributed by atoms with Gasteiger partial charge in [-0.2, -0.15) is 0 Å². The van der Waals surface area contributed by atoms with Gasteiger partial charge in [0.2, 0.25) is 0 Å². The summed E-state index contributed by atoms with van der Waals surface area (Å²) in [4.78, 5) is 10.8. The molecule has 11 heavy (non-hydrogen) atoms. The van der Waals surface area contributed by atoms with Crippen LogP contribution in [0.4, 0.5) is 0 Å². The molecule has 0 aliphatic carbocycles.